The lowest BCUT2D eigenvalue weighted by atomic mass is 10.1. The lowest BCUT2D eigenvalue weighted by Gasteiger charge is -2.16. The van der Waals surface area contributed by atoms with Crippen LogP contribution in [0, 0.1) is 0 Å². The van der Waals surface area contributed by atoms with Crippen molar-refractivity contribution in [2.75, 3.05) is 5.32 Å². The van der Waals surface area contributed by atoms with Gasteiger partial charge in [0.25, 0.3) is 0 Å². The van der Waals surface area contributed by atoms with E-state index >= 15 is 0 Å². The molecule has 39 heavy (non-hydrogen) atoms. The normalized spacial score (nSPS) is 14.5. The molecule has 2 aromatic heterocycles. The monoisotopic (exact) mass is 566 g/mol. The van der Waals surface area contributed by atoms with Gasteiger partial charge in [0.1, 0.15) is 5.76 Å². The lowest BCUT2D eigenvalue weighted by Crippen LogP contribution is -2.16. The minimum atomic E-state index is -4.46. The fourth-order valence-electron chi connectivity index (χ4n) is 4.06. The number of fused-ring (bicyclic) bond motifs is 3. The lowest BCUT2D eigenvalue weighted by molar-refractivity contribution is -0.137. The second-order valence-corrected chi connectivity index (χ2v) is 10.0. The molecular formula is C28H18ClF3N4O2S. The van der Waals surface area contributed by atoms with Gasteiger partial charge in [-0.05, 0) is 48.0 Å². The number of furan rings is 1. The van der Waals surface area contributed by atoms with Gasteiger partial charge in [-0.25, -0.2) is 0 Å². The van der Waals surface area contributed by atoms with Crippen molar-refractivity contribution >= 4 is 29.1 Å². The fourth-order valence-corrected chi connectivity index (χ4v) is 4.92. The van der Waals surface area contributed by atoms with Crippen LogP contribution in [0.4, 0.5) is 18.9 Å². The van der Waals surface area contributed by atoms with E-state index in [2.05, 4.69) is 20.5 Å². The van der Waals surface area contributed by atoms with Crippen LogP contribution in [0.5, 0.6) is 5.88 Å². The molecule has 5 aromatic rings. The summed E-state index contributed by atoms with van der Waals surface area (Å²) in [4.78, 5) is 4.62. The minimum Gasteiger partial charge on any atom is -0.455 e. The van der Waals surface area contributed by atoms with Gasteiger partial charge in [-0.3, -0.25) is 0 Å². The third-order valence-electron chi connectivity index (χ3n) is 5.97. The van der Waals surface area contributed by atoms with E-state index < -0.39 is 18.0 Å². The molecule has 3 aromatic carbocycles. The Balaban J connectivity index is 1.31. The average molecular weight is 567 g/mol. The highest BCUT2D eigenvalue weighted by molar-refractivity contribution is 7.98. The Kier molecular flexibility index (Phi) is 6.66. The number of rotatable bonds is 5. The molecule has 0 saturated heterocycles. The number of alkyl halides is 3. The molecule has 1 N–H and O–H groups in total. The Morgan fingerprint density at radius 1 is 0.923 bits per heavy atom. The molecule has 0 aliphatic carbocycles. The van der Waals surface area contributed by atoms with Crippen molar-refractivity contribution in [2.24, 2.45) is 0 Å². The number of halogens is 4. The highest BCUT2D eigenvalue weighted by atomic mass is 35.5. The van der Waals surface area contributed by atoms with Crippen LogP contribution in [-0.4, -0.2) is 15.2 Å². The summed E-state index contributed by atoms with van der Waals surface area (Å²) in [6.45, 7) is 0. The molecule has 6 rings (SSSR count). The van der Waals surface area contributed by atoms with Crippen molar-refractivity contribution in [3.8, 4) is 28.5 Å². The number of nitrogens with one attached hydrogen (secondary N) is 1. The van der Waals surface area contributed by atoms with Crippen LogP contribution >= 0.6 is 23.4 Å². The Bertz CT molecular complexity index is 1640. The maximum Gasteiger partial charge on any atom is 0.416 e. The van der Waals surface area contributed by atoms with E-state index in [0.29, 0.717) is 32.9 Å². The second kappa shape index (κ2) is 10.3. The Morgan fingerprint density at radius 2 is 1.74 bits per heavy atom. The van der Waals surface area contributed by atoms with Crippen LogP contribution in [-0.2, 0) is 11.9 Å². The topological polar surface area (TPSA) is 73.1 Å². The van der Waals surface area contributed by atoms with Gasteiger partial charge in [0.2, 0.25) is 17.3 Å². The van der Waals surface area contributed by atoms with Gasteiger partial charge in [0.05, 0.1) is 5.56 Å². The molecule has 0 bridgehead atoms. The largest absolute Gasteiger partial charge is 0.455 e. The number of benzene rings is 3. The zero-order chi connectivity index (χ0) is 27.0. The number of para-hydroxylation sites is 1. The molecule has 0 unspecified atom stereocenters. The van der Waals surface area contributed by atoms with Crippen LogP contribution in [0.3, 0.4) is 0 Å². The van der Waals surface area contributed by atoms with Crippen molar-refractivity contribution in [1.82, 2.24) is 15.2 Å². The first-order valence-corrected chi connectivity index (χ1v) is 13.1. The minimum absolute atomic E-state index is 0.253. The number of ether oxygens (including phenoxy) is 1. The molecule has 1 atom stereocenters. The van der Waals surface area contributed by atoms with Crippen LogP contribution in [0.25, 0.3) is 22.6 Å². The van der Waals surface area contributed by atoms with Gasteiger partial charge < -0.3 is 14.5 Å². The molecule has 0 spiro atoms. The SMILES string of the molecule is FC(F)(F)c1cccc(-c2ccc([C@H]3Nc4ccccc4-c4nnc(SCc5ccc(Cl)cc5)nc4O3)o2)c1. The summed E-state index contributed by atoms with van der Waals surface area (Å²) < 4.78 is 51.9. The van der Waals surface area contributed by atoms with Crippen LogP contribution in [0.2, 0.25) is 5.02 Å². The van der Waals surface area contributed by atoms with Crippen molar-refractivity contribution in [1.29, 1.82) is 0 Å². The second-order valence-electron chi connectivity index (χ2n) is 8.63. The van der Waals surface area contributed by atoms with E-state index in [1.165, 1.54) is 17.8 Å². The molecule has 3 heterocycles. The van der Waals surface area contributed by atoms with E-state index in [9.17, 15) is 13.2 Å². The van der Waals surface area contributed by atoms with Gasteiger partial charge in [0.15, 0.2) is 11.5 Å². The summed E-state index contributed by atoms with van der Waals surface area (Å²) >= 11 is 7.37. The number of hydrogen-bond donors (Lipinski definition) is 1. The zero-order valence-electron chi connectivity index (χ0n) is 19.9. The Labute approximate surface area is 230 Å². The third-order valence-corrected chi connectivity index (χ3v) is 7.14. The van der Waals surface area contributed by atoms with E-state index in [4.69, 9.17) is 20.8 Å². The van der Waals surface area contributed by atoms with Gasteiger partial charge in [-0.1, -0.05) is 65.8 Å². The molecule has 0 amide bonds. The van der Waals surface area contributed by atoms with Crippen molar-refractivity contribution < 1.29 is 22.3 Å². The molecule has 0 fully saturated rings. The molecular weight excluding hydrogens is 549 g/mol. The summed E-state index contributed by atoms with van der Waals surface area (Å²) in [5.41, 5.74) is 2.52. The first kappa shape index (κ1) is 25.3. The Hall–Kier alpha value is -4.02. The first-order chi connectivity index (χ1) is 18.8. The van der Waals surface area contributed by atoms with Crippen molar-refractivity contribution in [3.63, 3.8) is 0 Å². The number of thioether (sulfide) groups is 1. The molecule has 6 nitrogen and oxygen atoms in total. The quantitative estimate of drug-likeness (QED) is 0.215. The first-order valence-electron chi connectivity index (χ1n) is 11.8. The molecule has 11 heteroatoms. The van der Waals surface area contributed by atoms with Gasteiger partial charge >= 0.3 is 6.18 Å². The highest BCUT2D eigenvalue weighted by Gasteiger charge is 2.31. The maximum absolute atomic E-state index is 13.2. The standard InChI is InChI=1S/C28H18ClF3N4O2S/c29-19-10-8-16(9-11-19)15-39-27-34-26-24(35-36-27)20-6-1-2-7-21(20)33-25(38-26)23-13-12-22(37-23)17-4-3-5-18(14-17)28(30,31)32/h1-14,25,33H,15H2/t25-/m0/s1. The maximum atomic E-state index is 13.2. The van der Waals surface area contributed by atoms with E-state index in [1.54, 1.807) is 18.2 Å². The number of hydrogen-bond acceptors (Lipinski definition) is 7. The summed E-state index contributed by atoms with van der Waals surface area (Å²) in [5, 5.41) is 13.1. The van der Waals surface area contributed by atoms with E-state index in [0.717, 1.165) is 28.9 Å². The van der Waals surface area contributed by atoms with Crippen LogP contribution < -0.4 is 10.1 Å². The summed E-state index contributed by atoms with van der Waals surface area (Å²) in [6.07, 6.45) is -5.28. The highest BCUT2D eigenvalue weighted by Crippen LogP contribution is 2.41. The smallest absolute Gasteiger partial charge is 0.416 e. The van der Waals surface area contributed by atoms with Crippen molar-refractivity contribution in [3.05, 3.63) is 107 Å². The Morgan fingerprint density at radius 3 is 2.56 bits per heavy atom. The summed E-state index contributed by atoms with van der Waals surface area (Å²) in [7, 11) is 0. The third kappa shape index (κ3) is 5.43. The van der Waals surface area contributed by atoms with Gasteiger partial charge in [-0.2, -0.15) is 18.2 Å². The molecule has 1 aliphatic heterocycles. The molecule has 196 valence electrons. The summed E-state index contributed by atoms with van der Waals surface area (Å²) in [6, 6.07) is 23.2. The molecule has 0 saturated carbocycles. The number of nitrogens with zero attached hydrogens (tertiary/aromatic N) is 3. The van der Waals surface area contributed by atoms with E-state index in [-0.39, 0.29) is 11.6 Å². The zero-order valence-corrected chi connectivity index (χ0v) is 21.5. The van der Waals surface area contributed by atoms with E-state index in [1.807, 2.05) is 48.5 Å². The fraction of sp³-hybridized carbons (Fsp3) is 0.107. The predicted molar refractivity (Wildman–Crippen MR) is 142 cm³/mol. The number of anilines is 1. The number of aromatic nitrogens is 3. The van der Waals surface area contributed by atoms with Crippen LogP contribution in [0.15, 0.2) is 94.5 Å². The summed E-state index contributed by atoms with van der Waals surface area (Å²) in [5.74, 6) is 1.50. The molecule has 1 aliphatic rings. The van der Waals surface area contributed by atoms with Crippen LogP contribution in [0.1, 0.15) is 23.1 Å². The molecule has 0 radical (unpaired) electrons. The average Bonchev–Trinajstić information content (AvgIpc) is 3.37. The van der Waals surface area contributed by atoms with Crippen molar-refractivity contribution in [2.45, 2.75) is 23.3 Å². The van der Waals surface area contributed by atoms with Gasteiger partial charge in [-0.15, -0.1) is 10.2 Å². The van der Waals surface area contributed by atoms with Gasteiger partial charge in [0, 0.05) is 27.6 Å². The predicted octanol–water partition coefficient (Wildman–Crippen LogP) is 8.27.